The molecule has 0 atom stereocenters. The lowest BCUT2D eigenvalue weighted by atomic mass is 10.1. The molecule has 0 aliphatic heterocycles. The summed E-state index contributed by atoms with van der Waals surface area (Å²) in [6, 6.07) is 14.7. The van der Waals surface area contributed by atoms with Crippen LogP contribution in [-0.4, -0.2) is 13.0 Å². The van der Waals surface area contributed by atoms with Crippen LogP contribution in [0.4, 0.5) is 0 Å². The average molecular weight is 257 g/mol. The predicted octanol–water partition coefficient (Wildman–Crippen LogP) is 2.37. The Kier molecular flexibility index (Phi) is 4.03. The van der Waals surface area contributed by atoms with Gasteiger partial charge in [0.1, 0.15) is 18.1 Å². The summed E-state index contributed by atoms with van der Waals surface area (Å²) in [6.07, 6.45) is 0. The molecule has 0 saturated carbocycles. The minimum atomic E-state index is -0.540. The molecule has 0 aliphatic rings. The van der Waals surface area contributed by atoms with Gasteiger partial charge in [-0.05, 0) is 23.8 Å². The molecule has 0 unspecified atom stereocenters. The summed E-state index contributed by atoms with van der Waals surface area (Å²) >= 11 is 0. The molecule has 0 spiro atoms. The number of carbonyl (C=O) groups excluding carboxylic acids is 1. The van der Waals surface area contributed by atoms with Crippen LogP contribution in [0.25, 0.3) is 0 Å². The van der Waals surface area contributed by atoms with Crippen LogP contribution in [0, 0.1) is 0 Å². The molecule has 98 valence electrons. The van der Waals surface area contributed by atoms with E-state index in [0.717, 1.165) is 5.56 Å². The molecule has 0 fully saturated rings. The Balaban J connectivity index is 2.18. The second-order valence-corrected chi connectivity index (χ2v) is 4.00. The Bertz CT molecular complexity index is 567. The predicted molar refractivity (Wildman–Crippen MR) is 72.3 cm³/mol. The zero-order valence-electron chi connectivity index (χ0n) is 10.6. The summed E-state index contributed by atoms with van der Waals surface area (Å²) in [4.78, 5) is 11.4. The first-order valence-corrected chi connectivity index (χ1v) is 5.85. The second-order valence-electron chi connectivity index (χ2n) is 4.00. The van der Waals surface area contributed by atoms with Gasteiger partial charge in [0, 0.05) is 0 Å². The Morgan fingerprint density at radius 2 is 1.89 bits per heavy atom. The van der Waals surface area contributed by atoms with Crippen molar-refractivity contribution in [2.24, 2.45) is 5.73 Å². The highest BCUT2D eigenvalue weighted by Gasteiger charge is 2.11. The van der Waals surface area contributed by atoms with Crippen molar-refractivity contribution in [2.45, 2.75) is 6.61 Å². The molecular formula is C15H15NO3. The largest absolute Gasteiger partial charge is 0.497 e. The van der Waals surface area contributed by atoms with Gasteiger partial charge in [0.15, 0.2) is 0 Å². The number of carbonyl (C=O) groups is 1. The fourth-order valence-corrected chi connectivity index (χ4v) is 1.69. The number of benzene rings is 2. The summed E-state index contributed by atoms with van der Waals surface area (Å²) in [6.45, 7) is 0.382. The third-order valence-electron chi connectivity index (χ3n) is 2.69. The van der Waals surface area contributed by atoms with Crippen molar-refractivity contribution in [3.05, 3.63) is 59.7 Å². The molecule has 19 heavy (non-hydrogen) atoms. The van der Waals surface area contributed by atoms with Gasteiger partial charge in [-0.1, -0.05) is 30.3 Å². The van der Waals surface area contributed by atoms with Gasteiger partial charge < -0.3 is 15.2 Å². The van der Waals surface area contributed by atoms with Gasteiger partial charge in [0.05, 0.1) is 12.7 Å². The van der Waals surface area contributed by atoms with Crippen molar-refractivity contribution in [3.63, 3.8) is 0 Å². The highest BCUT2D eigenvalue weighted by molar-refractivity contribution is 5.96. The highest BCUT2D eigenvalue weighted by Crippen LogP contribution is 2.24. The monoisotopic (exact) mass is 257 g/mol. The van der Waals surface area contributed by atoms with E-state index in [1.165, 1.54) is 7.11 Å². The molecule has 2 aromatic carbocycles. The molecule has 2 aromatic rings. The first-order chi connectivity index (χ1) is 9.20. The molecule has 2 rings (SSSR count). The minimum absolute atomic E-state index is 0.315. The maximum Gasteiger partial charge on any atom is 0.252 e. The van der Waals surface area contributed by atoms with Crippen LogP contribution < -0.4 is 15.2 Å². The van der Waals surface area contributed by atoms with Gasteiger partial charge in [-0.15, -0.1) is 0 Å². The van der Waals surface area contributed by atoms with Gasteiger partial charge in [-0.3, -0.25) is 4.79 Å². The molecule has 1 amide bonds. The fourth-order valence-electron chi connectivity index (χ4n) is 1.69. The smallest absolute Gasteiger partial charge is 0.252 e. The van der Waals surface area contributed by atoms with Crippen molar-refractivity contribution in [1.29, 1.82) is 0 Å². The Hall–Kier alpha value is -2.49. The van der Waals surface area contributed by atoms with Gasteiger partial charge in [0.25, 0.3) is 5.91 Å². The number of hydrogen-bond acceptors (Lipinski definition) is 3. The van der Waals surface area contributed by atoms with Crippen LogP contribution in [0.2, 0.25) is 0 Å². The number of amides is 1. The first kappa shape index (κ1) is 13.0. The summed E-state index contributed by atoms with van der Waals surface area (Å²) < 4.78 is 10.7. The van der Waals surface area contributed by atoms with Crippen molar-refractivity contribution in [1.82, 2.24) is 0 Å². The second kappa shape index (κ2) is 5.91. The quantitative estimate of drug-likeness (QED) is 0.894. The van der Waals surface area contributed by atoms with Gasteiger partial charge in [0.2, 0.25) is 0 Å². The average Bonchev–Trinajstić information content (AvgIpc) is 2.46. The molecule has 0 aromatic heterocycles. The van der Waals surface area contributed by atoms with Crippen LogP contribution in [0.3, 0.4) is 0 Å². The van der Waals surface area contributed by atoms with E-state index < -0.39 is 5.91 Å². The van der Waals surface area contributed by atoms with Crippen molar-refractivity contribution >= 4 is 5.91 Å². The van der Waals surface area contributed by atoms with Gasteiger partial charge in [-0.2, -0.15) is 0 Å². The van der Waals surface area contributed by atoms with Crippen LogP contribution >= 0.6 is 0 Å². The van der Waals surface area contributed by atoms with E-state index in [1.54, 1.807) is 18.2 Å². The standard InChI is InChI=1S/C15H15NO3/c1-18-12-7-8-14(13(9-12)15(16)17)19-10-11-5-3-2-4-6-11/h2-9H,10H2,1H3,(H2,16,17). The number of ether oxygens (including phenoxy) is 2. The molecule has 2 N–H and O–H groups in total. The van der Waals surface area contributed by atoms with E-state index in [0.29, 0.717) is 23.7 Å². The van der Waals surface area contributed by atoms with E-state index in [9.17, 15) is 4.79 Å². The van der Waals surface area contributed by atoms with E-state index in [-0.39, 0.29) is 0 Å². The minimum Gasteiger partial charge on any atom is -0.497 e. The number of primary amides is 1. The first-order valence-electron chi connectivity index (χ1n) is 5.85. The zero-order chi connectivity index (χ0) is 13.7. The normalized spacial score (nSPS) is 9.95. The Morgan fingerprint density at radius 3 is 2.53 bits per heavy atom. The van der Waals surface area contributed by atoms with Gasteiger partial charge >= 0.3 is 0 Å². The van der Waals surface area contributed by atoms with Crippen LogP contribution in [-0.2, 0) is 6.61 Å². The lowest BCUT2D eigenvalue weighted by Gasteiger charge is -2.11. The topological polar surface area (TPSA) is 61.6 Å². The SMILES string of the molecule is COc1ccc(OCc2ccccc2)c(C(N)=O)c1. The summed E-state index contributed by atoms with van der Waals surface area (Å²) in [5.41, 5.74) is 6.67. The third kappa shape index (κ3) is 3.25. The number of nitrogens with two attached hydrogens (primary N) is 1. The number of methoxy groups -OCH3 is 1. The molecule has 4 nitrogen and oxygen atoms in total. The van der Waals surface area contributed by atoms with E-state index in [2.05, 4.69) is 0 Å². The molecule has 4 heteroatoms. The lowest BCUT2D eigenvalue weighted by molar-refractivity contribution is 0.0995. The molecule has 0 saturated heterocycles. The lowest BCUT2D eigenvalue weighted by Crippen LogP contribution is -2.13. The third-order valence-corrected chi connectivity index (χ3v) is 2.69. The van der Waals surface area contributed by atoms with Crippen molar-refractivity contribution in [2.75, 3.05) is 7.11 Å². The molecule has 0 radical (unpaired) electrons. The number of hydrogen-bond donors (Lipinski definition) is 1. The van der Waals surface area contributed by atoms with Crippen molar-refractivity contribution < 1.29 is 14.3 Å². The van der Waals surface area contributed by atoms with E-state index in [1.807, 2.05) is 30.3 Å². The number of rotatable bonds is 5. The maximum atomic E-state index is 11.4. The Morgan fingerprint density at radius 1 is 1.16 bits per heavy atom. The maximum absolute atomic E-state index is 11.4. The highest BCUT2D eigenvalue weighted by atomic mass is 16.5. The summed E-state index contributed by atoms with van der Waals surface area (Å²) in [5, 5.41) is 0. The van der Waals surface area contributed by atoms with Crippen LogP contribution in [0.15, 0.2) is 48.5 Å². The Labute approximate surface area is 111 Å². The molecule has 0 aliphatic carbocycles. The van der Waals surface area contributed by atoms with Gasteiger partial charge in [-0.25, -0.2) is 0 Å². The summed E-state index contributed by atoms with van der Waals surface area (Å²) in [5.74, 6) is 0.486. The molecule has 0 heterocycles. The van der Waals surface area contributed by atoms with E-state index >= 15 is 0 Å². The van der Waals surface area contributed by atoms with Crippen LogP contribution in [0.1, 0.15) is 15.9 Å². The fraction of sp³-hybridized carbons (Fsp3) is 0.133. The molecular weight excluding hydrogens is 242 g/mol. The van der Waals surface area contributed by atoms with Crippen LogP contribution in [0.5, 0.6) is 11.5 Å². The zero-order valence-corrected chi connectivity index (χ0v) is 10.6. The summed E-state index contributed by atoms with van der Waals surface area (Å²) in [7, 11) is 1.53. The molecule has 0 bridgehead atoms. The van der Waals surface area contributed by atoms with Crippen molar-refractivity contribution in [3.8, 4) is 11.5 Å². The van der Waals surface area contributed by atoms with E-state index in [4.69, 9.17) is 15.2 Å².